The average molecular weight is 217 g/mol. The second-order valence-corrected chi connectivity index (χ2v) is 3.72. The third kappa shape index (κ3) is 2.19. The van der Waals surface area contributed by atoms with Crippen LogP contribution in [0, 0.1) is 5.82 Å². The summed E-state index contributed by atoms with van der Waals surface area (Å²) in [5.41, 5.74) is 1.27. The quantitative estimate of drug-likeness (QED) is 0.724. The summed E-state index contributed by atoms with van der Waals surface area (Å²) in [4.78, 5) is 11.1. The van der Waals surface area contributed by atoms with E-state index in [1.807, 2.05) is 0 Å². The molecular weight excluding hydrogens is 205 g/mol. The molecule has 2 aromatic rings. The molecule has 0 atom stereocenters. The van der Waals surface area contributed by atoms with E-state index >= 15 is 0 Å². The third-order valence-electron chi connectivity index (χ3n) is 2.47. The van der Waals surface area contributed by atoms with Gasteiger partial charge in [-0.25, -0.2) is 4.39 Å². The van der Waals surface area contributed by atoms with Crippen molar-refractivity contribution in [1.29, 1.82) is 0 Å². The van der Waals surface area contributed by atoms with Gasteiger partial charge in [-0.3, -0.25) is 4.79 Å². The van der Waals surface area contributed by atoms with Crippen LogP contribution in [-0.4, -0.2) is 10.4 Å². The van der Waals surface area contributed by atoms with Gasteiger partial charge in [0.15, 0.2) is 5.78 Å². The standard InChI is InChI=1S/C13H12FNO/c1-10(16)11-6-7-15(8-11)9-12-4-2-3-5-13(12)14/h2-8H,9H2,1H3. The van der Waals surface area contributed by atoms with E-state index < -0.39 is 0 Å². The van der Waals surface area contributed by atoms with Gasteiger partial charge in [-0.05, 0) is 19.1 Å². The normalized spacial score (nSPS) is 10.4. The molecule has 0 N–H and O–H groups in total. The molecule has 1 aromatic heterocycles. The lowest BCUT2D eigenvalue weighted by Crippen LogP contribution is -1.99. The number of Topliss-reactive ketones (excluding diaryl/α,β-unsaturated/α-hetero) is 1. The maximum Gasteiger partial charge on any atom is 0.161 e. The number of halogens is 1. The SMILES string of the molecule is CC(=O)c1ccn(Cc2ccccc2F)c1. The molecule has 0 spiro atoms. The zero-order valence-electron chi connectivity index (χ0n) is 8.98. The average Bonchev–Trinajstić information content (AvgIpc) is 2.70. The molecule has 0 fully saturated rings. The van der Waals surface area contributed by atoms with Crippen molar-refractivity contribution in [2.45, 2.75) is 13.5 Å². The lowest BCUT2D eigenvalue weighted by atomic mass is 10.2. The van der Waals surface area contributed by atoms with Crippen LogP contribution in [0.4, 0.5) is 4.39 Å². The molecule has 0 bridgehead atoms. The minimum absolute atomic E-state index is 0.0206. The molecule has 0 amide bonds. The molecule has 3 heteroatoms. The highest BCUT2D eigenvalue weighted by Gasteiger charge is 2.04. The number of carbonyl (C=O) groups is 1. The molecule has 1 heterocycles. The number of aromatic nitrogens is 1. The molecule has 0 unspecified atom stereocenters. The molecule has 0 saturated heterocycles. The van der Waals surface area contributed by atoms with E-state index in [1.165, 1.54) is 13.0 Å². The fourth-order valence-corrected chi connectivity index (χ4v) is 1.57. The minimum Gasteiger partial charge on any atom is -0.349 e. The Labute approximate surface area is 93.3 Å². The van der Waals surface area contributed by atoms with E-state index in [4.69, 9.17) is 0 Å². The summed E-state index contributed by atoms with van der Waals surface area (Å²) in [5, 5.41) is 0. The van der Waals surface area contributed by atoms with Crippen LogP contribution in [-0.2, 0) is 6.54 Å². The van der Waals surface area contributed by atoms with Gasteiger partial charge in [0.2, 0.25) is 0 Å². The summed E-state index contributed by atoms with van der Waals surface area (Å²) >= 11 is 0. The summed E-state index contributed by atoms with van der Waals surface area (Å²) in [6.07, 6.45) is 3.51. The lowest BCUT2D eigenvalue weighted by molar-refractivity contribution is 0.101. The predicted octanol–water partition coefficient (Wildman–Crippen LogP) is 2.88. The van der Waals surface area contributed by atoms with E-state index in [0.29, 0.717) is 17.7 Å². The van der Waals surface area contributed by atoms with Crippen LogP contribution in [0.1, 0.15) is 22.8 Å². The predicted molar refractivity (Wildman–Crippen MR) is 59.9 cm³/mol. The first-order valence-electron chi connectivity index (χ1n) is 5.07. The Morgan fingerprint density at radius 2 is 2.06 bits per heavy atom. The van der Waals surface area contributed by atoms with E-state index in [9.17, 15) is 9.18 Å². The van der Waals surface area contributed by atoms with Crippen LogP contribution in [0.15, 0.2) is 42.7 Å². The number of hydrogen-bond acceptors (Lipinski definition) is 1. The van der Waals surface area contributed by atoms with Gasteiger partial charge in [0.1, 0.15) is 5.82 Å². The molecule has 1 aromatic carbocycles. The van der Waals surface area contributed by atoms with Gasteiger partial charge in [0.25, 0.3) is 0 Å². The van der Waals surface area contributed by atoms with Crippen molar-refractivity contribution in [3.8, 4) is 0 Å². The molecule has 2 rings (SSSR count). The number of nitrogens with zero attached hydrogens (tertiary/aromatic N) is 1. The molecule has 0 aliphatic carbocycles. The first-order chi connectivity index (χ1) is 7.66. The van der Waals surface area contributed by atoms with Crippen LogP contribution in [0.2, 0.25) is 0 Å². The first kappa shape index (κ1) is 10.6. The van der Waals surface area contributed by atoms with Gasteiger partial charge in [0.05, 0.1) is 0 Å². The number of benzene rings is 1. The molecule has 0 saturated carbocycles. The van der Waals surface area contributed by atoms with Crippen molar-refractivity contribution in [2.24, 2.45) is 0 Å². The van der Waals surface area contributed by atoms with Gasteiger partial charge in [0, 0.05) is 30.1 Å². The number of hydrogen-bond donors (Lipinski definition) is 0. The van der Waals surface area contributed by atoms with Crippen molar-refractivity contribution in [3.63, 3.8) is 0 Å². The molecule has 0 radical (unpaired) electrons. The largest absolute Gasteiger partial charge is 0.349 e. The molecular formula is C13H12FNO. The van der Waals surface area contributed by atoms with Crippen molar-refractivity contribution in [3.05, 3.63) is 59.7 Å². The summed E-state index contributed by atoms with van der Waals surface area (Å²) in [6.45, 7) is 1.96. The number of rotatable bonds is 3. The summed E-state index contributed by atoms with van der Waals surface area (Å²) in [5.74, 6) is -0.201. The Hall–Kier alpha value is -1.90. The zero-order chi connectivity index (χ0) is 11.5. The number of carbonyl (C=O) groups excluding carboxylic acids is 1. The minimum atomic E-state index is -0.222. The van der Waals surface area contributed by atoms with Gasteiger partial charge < -0.3 is 4.57 Å². The highest BCUT2D eigenvalue weighted by Crippen LogP contribution is 2.10. The van der Waals surface area contributed by atoms with Crippen molar-refractivity contribution in [2.75, 3.05) is 0 Å². The maximum absolute atomic E-state index is 13.4. The van der Waals surface area contributed by atoms with Crippen molar-refractivity contribution in [1.82, 2.24) is 4.57 Å². The molecule has 82 valence electrons. The van der Waals surface area contributed by atoms with Crippen molar-refractivity contribution < 1.29 is 9.18 Å². The Morgan fingerprint density at radius 3 is 2.69 bits per heavy atom. The topological polar surface area (TPSA) is 22.0 Å². The third-order valence-corrected chi connectivity index (χ3v) is 2.47. The van der Waals surface area contributed by atoms with Crippen LogP contribution >= 0.6 is 0 Å². The fourth-order valence-electron chi connectivity index (χ4n) is 1.57. The van der Waals surface area contributed by atoms with E-state index in [1.54, 1.807) is 41.2 Å². The Bertz CT molecular complexity index is 516. The smallest absolute Gasteiger partial charge is 0.161 e. The van der Waals surface area contributed by atoms with E-state index in [0.717, 1.165) is 0 Å². The van der Waals surface area contributed by atoms with Crippen LogP contribution < -0.4 is 0 Å². The molecule has 0 aliphatic heterocycles. The van der Waals surface area contributed by atoms with Gasteiger partial charge in [-0.2, -0.15) is 0 Å². The lowest BCUT2D eigenvalue weighted by Gasteiger charge is -2.03. The summed E-state index contributed by atoms with van der Waals surface area (Å²) < 4.78 is 15.2. The van der Waals surface area contributed by atoms with Gasteiger partial charge in [-0.15, -0.1) is 0 Å². The molecule has 16 heavy (non-hydrogen) atoms. The second kappa shape index (κ2) is 4.31. The van der Waals surface area contributed by atoms with Crippen molar-refractivity contribution >= 4 is 5.78 Å². The summed E-state index contributed by atoms with van der Waals surface area (Å²) in [7, 11) is 0. The molecule has 2 nitrogen and oxygen atoms in total. The van der Waals surface area contributed by atoms with E-state index in [2.05, 4.69) is 0 Å². The highest BCUT2D eigenvalue weighted by molar-refractivity contribution is 5.93. The fraction of sp³-hybridized carbons (Fsp3) is 0.154. The van der Waals surface area contributed by atoms with Gasteiger partial charge in [-0.1, -0.05) is 18.2 Å². The maximum atomic E-state index is 13.4. The Kier molecular flexibility index (Phi) is 2.86. The van der Waals surface area contributed by atoms with Crippen LogP contribution in [0.3, 0.4) is 0 Å². The Morgan fingerprint density at radius 1 is 1.31 bits per heavy atom. The Balaban J connectivity index is 2.21. The zero-order valence-corrected chi connectivity index (χ0v) is 8.98. The number of ketones is 1. The second-order valence-electron chi connectivity index (χ2n) is 3.72. The highest BCUT2D eigenvalue weighted by atomic mass is 19.1. The van der Waals surface area contributed by atoms with Crippen LogP contribution in [0.5, 0.6) is 0 Å². The molecule has 0 aliphatic rings. The van der Waals surface area contributed by atoms with Crippen LogP contribution in [0.25, 0.3) is 0 Å². The monoisotopic (exact) mass is 217 g/mol. The first-order valence-corrected chi connectivity index (χ1v) is 5.07. The van der Waals surface area contributed by atoms with E-state index in [-0.39, 0.29) is 11.6 Å². The van der Waals surface area contributed by atoms with Gasteiger partial charge >= 0.3 is 0 Å². The summed E-state index contributed by atoms with van der Waals surface area (Å²) in [6, 6.07) is 8.37.